The van der Waals surface area contributed by atoms with E-state index in [1.165, 1.54) is 11.8 Å². The van der Waals surface area contributed by atoms with Gasteiger partial charge in [0.25, 0.3) is 0 Å². The Bertz CT molecular complexity index is 701. The quantitative estimate of drug-likeness (QED) is 0.810. The standard InChI is InChI=1S/C15H18FNO5S/c1-10(14(18)17-7-6-11(8-17)15(19)20)9-23(21,22)13-4-2-12(16)3-5-13/h2-5,10-11H,6-9H2,1H3,(H,19,20)/t10-,11+/m0/s1. The molecule has 23 heavy (non-hydrogen) atoms. The summed E-state index contributed by atoms with van der Waals surface area (Å²) in [6.07, 6.45) is 0.374. The molecule has 1 N–H and O–H groups in total. The van der Waals surface area contributed by atoms with E-state index in [2.05, 4.69) is 0 Å². The van der Waals surface area contributed by atoms with Gasteiger partial charge in [-0.3, -0.25) is 9.59 Å². The zero-order valence-electron chi connectivity index (χ0n) is 12.6. The van der Waals surface area contributed by atoms with E-state index in [0.29, 0.717) is 13.0 Å². The molecule has 1 saturated heterocycles. The maximum absolute atomic E-state index is 12.9. The van der Waals surface area contributed by atoms with E-state index >= 15 is 0 Å². The van der Waals surface area contributed by atoms with Crippen LogP contribution in [0.1, 0.15) is 13.3 Å². The number of nitrogens with zero attached hydrogens (tertiary/aromatic N) is 1. The fourth-order valence-electron chi connectivity index (χ4n) is 2.61. The van der Waals surface area contributed by atoms with Crippen molar-refractivity contribution in [2.75, 3.05) is 18.8 Å². The van der Waals surface area contributed by atoms with E-state index in [1.54, 1.807) is 0 Å². The van der Waals surface area contributed by atoms with Gasteiger partial charge in [-0.05, 0) is 30.7 Å². The van der Waals surface area contributed by atoms with Gasteiger partial charge in [0.05, 0.1) is 16.6 Å². The Morgan fingerprint density at radius 2 is 1.96 bits per heavy atom. The summed E-state index contributed by atoms with van der Waals surface area (Å²) in [5.41, 5.74) is 0. The summed E-state index contributed by atoms with van der Waals surface area (Å²) in [7, 11) is -3.71. The highest BCUT2D eigenvalue weighted by atomic mass is 32.2. The van der Waals surface area contributed by atoms with Gasteiger partial charge in [0.2, 0.25) is 5.91 Å². The van der Waals surface area contributed by atoms with Crippen LogP contribution in [0.2, 0.25) is 0 Å². The van der Waals surface area contributed by atoms with Crippen molar-refractivity contribution in [1.82, 2.24) is 4.90 Å². The van der Waals surface area contributed by atoms with Crippen LogP contribution in [-0.2, 0) is 19.4 Å². The third-order valence-electron chi connectivity index (χ3n) is 3.91. The molecular formula is C15H18FNO5S. The molecule has 0 aliphatic carbocycles. The average molecular weight is 343 g/mol. The lowest BCUT2D eigenvalue weighted by atomic mass is 10.1. The Morgan fingerprint density at radius 3 is 2.48 bits per heavy atom. The predicted molar refractivity (Wildman–Crippen MR) is 79.9 cm³/mol. The molecule has 0 radical (unpaired) electrons. The third-order valence-corrected chi connectivity index (χ3v) is 5.84. The van der Waals surface area contributed by atoms with Crippen LogP contribution in [0.5, 0.6) is 0 Å². The van der Waals surface area contributed by atoms with E-state index in [-0.39, 0.29) is 17.3 Å². The van der Waals surface area contributed by atoms with E-state index in [1.807, 2.05) is 0 Å². The van der Waals surface area contributed by atoms with Crippen molar-refractivity contribution in [3.05, 3.63) is 30.1 Å². The summed E-state index contributed by atoms with van der Waals surface area (Å²) in [6.45, 7) is 1.92. The van der Waals surface area contributed by atoms with Crippen molar-refractivity contribution >= 4 is 21.7 Å². The molecule has 1 aromatic carbocycles. The predicted octanol–water partition coefficient (Wildman–Crippen LogP) is 1.17. The van der Waals surface area contributed by atoms with Crippen molar-refractivity contribution in [3.8, 4) is 0 Å². The number of likely N-dealkylation sites (tertiary alicyclic amines) is 1. The molecule has 2 atom stereocenters. The number of rotatable bonds is 5. The Hall–Kier alpha value is -1.96. The molecule has 0 aromatic heterocycles. The number of halogens is 1. The van der Waals surface area contributed by atoms with E-state index in [9.17, 15) is 22.4 Å². The minimum absolute atomic E-state index is 0.0385. The first kappa shape index (κ1) is 17.4. The molecule has 8 heteroatoms. The molecule has 1 amide bonds. The van der Waals surface area contributed by atoms with Gasteiger partial charge in [0.15, 0.2) is 9.84 Å². The first-order valence-electron chi connectivity index (χ1n) is 7.20. The van der Waals surface area contributed by atoms with Crippen LogP contribution in [0.3, 0.4) is 0 Å². The van der Waals surface area contributed by atoms with Crippen LogP contribution in [0, 0.1) is 17.7 Å². The van der Waals surface area contributed by atoms with Crippen LogP contribution in [0.15, 0.2) is 29.2 Å². The fourth-order valence-corrected chi connectivity index (χ4v) is 4.16. The van der Waals surface area contributed by atoms with Crippen LogP contribution >= 0.6 is 0 Å². The largest absolute Gasteiger partial charge is 0.481 e. The van der Waals surface area contributed by atoms with Crippen LogP contribution in [0.25, 0.3) is 0 Å². The normalized spacial score (nSPS) is 19.6. The smallest absolute Gasteiger partial charge is 0.308 e. The van der Waals surface area contributed by atoms with Crippen LogP contribution in [-0.4, -0.2) is 49.1 Å². The van der Waals surface area contributed by atoms with E-state index in [0.717, 1.165) is 24.3 Å². The van der Waals surface area contributed by atoms with Crippen molar-refractivity contribution in [2.45, 2.75) is 18.2 Å². The monoisotopic (exact) mass is 343 g/mol. The Morgan fingerprint density at radius 1 is 1.35 bits per heavy atom. The topological polar surface area (TPSA) is 91.8 Å². The third kappa shape index (κ3) is 4.07. The van der Waals surface area contributed by atoms with Crippen molar-refractivity contribution in [1.29, 1.82) is 0 Å². The second kappa shape index (κ2) is 6.66. The highest BCUT2D eigenvalue weighted by molar-refractivity contribution is 7.91. The summed E-state index contributed by atoms with van der Waals surface area (Å²) in [5.74, 6) is -3.65. The molecule has 0 bridgehead atoms. The maximum Gasteiger partial charge on any atom is 0.308 e. The zero-order valence-corrected chi connectivity index (χ0v) is 13.4. The maximum atomic E-state index is 12.9. The van der Waals surface area contributed by atoms with Crippen LogP contribution in [0.4, 0.5) is 4.39 Å². The number of benzene rings is 1. The molecule has 0 spiro atoms. The highest BCUT2D eigenvalue weighted by Gasteiger charge is 2.34. The Labute approximate surface area is 133 Å². The lowest BCUT2D eigenvalue weighted by Gasteiger charge is -2.20. The summed E-state index contributed by atoms with van der Waals surface area (Å²) in [5, 5.41) is 8.94. The molecule has 1 aliphatic rings. The molecule has 126 valence electrons. The van der Waals surface area contributed by atoms with Gasteiger partial charge in [-0.15, -0.1) is 0 Å². The minimum Gasteiger partial charge on any atom is -0.481 e. The lowest BCUT2D eigenvalue weighted by Crippen LogP contribution is -2.36. The Balaban J connectivity index is 2.03. The molecular weight excluding hydrogens is 325 g/mol. The van der Waals surface area contributed by atoms with Gasteiger partial charge in [-0.25, -0.2) is 12.8 Å². The van der Waals surface area contributed by atoms with Gasteiger partial charge in [0.1, 0.15) is 5.82 Å². The summed E-state index contributed by atoms with van der Waals surface area (Å²) in [6, 6.07) is 4.44. The molecule has 0 unspecified atom stereocenters. The highest BCUT2D eigenvalue weighted by Crippen LogP contribution is 2.21. The molecule has 6 nitrogen and oxygen atoms in total. The molecule has 1 fully saturated rings. The number of hydrogen-bond acceptors (Lipinski definition) is 4. The number of aliphatic carboxylic acids is 1. The number of hydrogen-bond donors (Lipinski definition) is 1. The van der Waals surface area contributed by atoms with E-state index in [4.69, 9.17) is 5.11 Å². The molecule has 1 heterocycles. The van der Waals surface area contributed by atoms with Gasteiger partial charge in [0, 0.05) is 19.0 Å². The van der Waals surface area contributed by atoms with Gasteiger partial charge < -0.3 is 10.0 Å². The Kier molecular flexibility index (Phi) is 5.03. The number of carbonyl (C=O) groups is 2. The summed E-state index contributed by atoms with van der Waals surface area (Å²) < 4.78 is 37.4. The van der Waals surface area contributed by atoms with Crippen molar-refractivity contribution in [2.24, 2.45) is 11.8 Å². The number of carbonyl (C=O) groups excluding carboxylic acids is 1. The van der Waals surface area contributed by atoms with Crippen molar-refractivity contribution < 1.29 is 27.5 Å². The second-order valence-electron chi connectivity index (χ2n) is 5.74. The van der Waals surface area contributed by atoms with E-state index < -0.39 is 39.2 Å². The van der Waals surface area contributed by atoms with Crippen LogP contribution < -0.4 is 0 Å². The first-order valence-corrected chi connectivity index (χ1v) is 8.86. The second-order valence-corrected chi connectivity index (χ2v) is 7.78. The zero-order chi connectivity index (χ0) is 17.2. The van der Waals surface area contributed by atoms with Gasteiger partial charge in [-0.2, -0.15) is 0 Å². The summed E-state index contributed by atoms with van der Waals surface area (Å²) in [4.78, 5) is 24.6. The molecule has 2 rings (SSSR count). The summed E-state index contributed by atoms with van der Waals surface area (Å²) >= 11 is 0. The van der Waals surface area contributed by atoms with Gasteiger partial charge in [-0.1, -0.05) is 6.92 Å². The molecule has 0 saturated carbocycles. The fraction of sp³-hybridized carbons (Fsp3) is 0.467. The van der Waals surface area contributed by atoms with Crippen molar-refractivity contribution in [3.63, 3.8) is 0 Å². The minimum atomic E-state index is -3.71. The number of carboxylic acids is 1. The number of amides is 1. The lowest BCUT2D eigenvalue weighted by molar-refractivity contribution is -0.141. The average Bonchev–Trinajstić information content (AvgIpc) is 2.96. The van der Waals surface area contributed by atoms with Gasteiger partial charge >= 0.3 is 5.97 Å². The molecule has 1 aliphatic heterocycles. The number of sulfone groups is 1. The number of carboxylic acid groups (broad SMARTS) is 1. The molecule has 1 aromatic rings. The first-order chi connectivity index (χ1) is 10.7. The SMILES string of the molecule is C[C@@H](CS(=O)(=O)c1ccc(F)cc1)C(=O)N1CC[C@@H](C(=O)O)C1.